The van der Waals surface area contributed by atoms with E-state index in [1.165, 1.54) is 18.1 Å². The molecular weight excluding hydrogens is 244 g/mol. The van der Waals surface area contributed by atoms with E-state index in [-0.39, 0.29) is 5.25 Å². The lowest BCUT2D eigenvalue weighted by Gasteiger charge is -2.29. The molecule has 0 aliphatic heterocycles. The average molecular weight is 260 g/mol. The lowest BCUT2D eigenvalue weighted by Crippen LogP contribution is -2.26. The van der Waals surface area contributed by atoms with Crippen LogP contribution < -0.4 is 0 Å². The molecule has 2 aromatic rings. The van der Waals surface area contributed by atoms with Crippen molar-refractivity contribution in [3.63, 3.8) is 0 Å². The van der Waals surface area contributed by atoms with Gasteiger partial charge in [0, 0.05) is 17.0 Å². The maximum atomic E-state index is 11.0. The minimum absolute atomic E-state index is 0.283. The van der Waals surface area contributed by atoms with Crippen molar-refractivity contribution in [2.45, 2.75) is 24.0 Å². The van der Waals surface area contributed by atoms with E-state index in [4.69, 9.17) is 0 Å². The van der Waals surface area contributed by atoms with Gasteiger partial charge in [0.25, 0.3) is 0 Å². The second-order valence-electron chi connectivity index (χ2n) is 4.27. The Morgan fingerprint density at radius 2 is 1.89 bits per heavy atom. The molecule has 0 aliphatic rings. The minimum atomic E-state index is -1.13. The Morgan fingerprint density at radius 3 is 2.44 bits per heavy atom. The number of aromatic nitrogens is 2. The van der Waals surface area contributed by atoms with E-state index < -0.39 is 4.93 Å². The SMILES string of the molecule is CC(C)SC(O)(c1ccccc1)c1ccncn1. The molecule has 1 aromatic heterocycles. The standard InChI is InChI=1S/C14H16N2OS/c1-11(2)18-14(17,12-6-4-3-5-7-12)13-8-9-15-10-16-13/h3-11,17H,1-2H3. The number of thioether (sulfide) groups is 1. The molecule has 4 heteroatoms. The first-order valence-corrected chi connectivity index (χ1v) is 6.73. The van der Waals surface area contributed by atoms with Crippen LogP contribution in [0, 0.1) is 0 Å². The summed E-state index contributed by atoms with van der Waals surface area (Å²) in [7, 11) is 0. The van der Waals surface area contributed by atoms with Crippen molar-refractivity contribution in [3.05, 3.63) is 60.2 Å². The first kappa shape index (κ1) is 13.1. The summed E-state index contributed by atoms with van der Waals surface area (Å²) in [6, 6.07) is 11.4. The summed E-state index contributed by atoms with van der Waals surface area (Å²) in [5.74, 6) is 0. The molecule has 0 aliphatic carbocycles. The van der Waals surface area contributed by atoms with E-state index in [9.17, 15) is 5.11 Å². The van der Waals surface area contributed by atoms with Crippen molar-refractivity contribution < 1.29 is 5.11 Å². The van der Waals surface area contributed by atoms with Crippen LogP contribution in [-0.2, 0) is 4.93 Å². The van der Waals surface area contributed by atoms with E-state index in [0.717, 1.165) is 5.56 Å². The first-order valence-electron chi connectivity index (χ1n) is 5.85. The van der Waals surface area contributed by atoms with Gasteiger partial charge in [0.1, 0.15) is 6.33 Å². The highest BCUT2D eigenvalue weighted by Gasteiger charge is 2.34. The number of rotatable bonds is 4. The molecule has 2 rings (SSSR count). The number of nitrogens with zero attached hydrogens (tertiary/aromatic N) is 2. The van der Waals surface area contributed by atoms with Crippen molar-refractivity contribution in [2.24, 2.45) is 0 Å². The Balaban J connectivity index is 2.48. The quantitative estimate of drug-likeness (QED) is 0.859. The van der Waals surface area contributed by atoms with Gasteiger partial charge in [-0.1, -0.05) is 44.2 Å². The van der Waals surface area contributed by atoms with Crippen LogP contribution >= 0.6 is 11.8 Å². The third-order valence-electron chi connectivity index (χ3n) is 2.50. The van der Waals surface area contributed by atoms with Crippen LogP contribution in [-0.4, -0.2) is 20.3 Å². The molecule has 1 heterocycles. The molecule has 3 nitrogen and oxygen atoms in total. The van der Waals surface area contributed by atoms with Gasteiger partial charge in [-0.15, -0.1) is 11.8 Å². The molecule has 0 spiro atoms. The molecule has 1 N–H and O–H groups in total. The summed E-state index contributed by atoms with van der Waals surface area (Å²) >= 11 is 1.47. The van der Waals surface area contributed by atoms with Crippen LogP contribution in [0.25, 0.3) is 0 Å². The summed E-state index contributed by atoms with van der Waals surface area (Å²) in [6.07, 6.45) is 3.11. The van der Waals surface area contributed by atoms with Gasteiger partial charge in [0.05, 0.1) is 5.69 Å². The maximum absolute atomic E-state index is 11.0. The molecule has 0 saturated carbocycles. The Hall–Kier alpha value is -1.39. The van der Waals surface area contributed by atoms with Gasteiger partial charge in [-0.25, -0.2) is 9.97 Å². The van der Waals surface area contributed by atoms with Crippen LogP contribution in [0.3, 0.4) is 0 Å². The van der Waals surface area contributed by atoms with Crippen LogP contribution in [0.5, 0.6) is 0 Å². The van der Waals surface area contributed by atoms with Gasteiger partial charge in [-0.2, -0.15) is 0 Å². The van der Waals surface area contributed by atoms with Crippen molar-refractivity contribution in [1.29, 1.82) is 0 Å². The molecule has 1 atom stereocenters. The normalized spacial score (nSPS) is 14.4. The Morgan fingerprint density at radius 1 is 1.17 bits per heavy atom. The lowest BCUT2D eigenvalue weighted by atomic mass is 10.1. The van der Waals surface area contributed by atoms with Gasteiger partial charge in [0.15, 0.2) is 4.93 Å². The zero-order chi connectivity index (χ0) is 13.0. The number of benzene rings is 1. The topological polar surface area (TPSA) is 46.0 Å². The molecule has 0 amide bonds. The molecule has 0 radical (unpaired) electrons. The van der Waals surface area contributed by atoms with Gasteiger partial charge >= 0.3 is 0 Å². The average Bonchev–Trinajstić information content (AvgIpc) is 2.40. The highest BCUT2D eigenvalue weighted by Crippen LogP contribution is 2.41. The van der Waals surface area contributed by atoms with Crippen molar-refractivity contribution in [1.82, 2.24) is 9.97 Å². The van der Waals surface area contributed by atoms with Gasteiger partial charge < -0.3 is 5.11 Å². The maximum Gasteiger partial charge on any atom is 0.179 e. The summed E-state index contributed by atoms with van der Waals surface area (Å²) in [5.41, 5.74) is 1.45. The summed E-state index contributed by atoms with van der Waals surface area (Å²) < 4.78 is 0. The predicted molar refractivity (Wildman–Crippen MR) is 74.2 cm³/mol. The van der Waals surface area contributed by atoms with Crippen molar-refractivity contribution in [2.75, 3.05) is 0 Å². The van der Waals surface area contributed by atoms with Gasteiger partial charge in [-0.3, -0.25) is 0 Å². The zero-order valence-corrected chi connectivity index (χ0v) is 11.3. The zero-order valence-electron chi connectivity index (χ0n) is 10.4. The third-order valence-corrected chi connectivity index (χ3v) is 3.76. The highest BCUT2D eigenvalue weighted by molar-refractivity contribution is 8.00. The van der Waals surface area contributed by atoms with Crippen LogP contribution in [0.4, 0.5) is 0 Å². The van der Waals surface area contributed by atoms with E-state index in [1.54, 1.807) is 12.3 Å². The Bertz CT molecular complexity index is 448. The fraction of sp³-hybridized carbons (Fsp3) is 0.286. The van der Waals surface area contributed by atoms with Crippen LogP contribution in [0.1, 0.15) is 25.1 Å². The van der Waals surface area contributed by atoms with Crippen molar-refractivity contribution >= 4 is 11.8 Å². The van der Waals surface area contributed by atoms with Crippen molar-refractivity contribution in [3.8, 4) is 0 Å². The third kappa shape index (κ3) is 2.71. The fourth-order valence-electron chi connectivity index (χ4n) is 1.77. The summed E-state index contributed by atoms with van der Waals surface area (Å²) in [6.45, 7) is 4.11. The smallest absolute Gasteiger partial charge is 0.179 e. The first-order chi connectivity index (χ1) is 8.63. The molecule has 0 bridgehead atoms. The minimum Gasteiger partial charge on any atom is -0.370 e. The number of hydrogen-bond donors (Lipinski definition) is 1. The van der Waals surface area contributed by atoms with E-state index in [1.807, 2.05) is 30.3 Å². The summed E-state index contributed by atoms with van der Waals surface area (Å²) in [5, 5.41) is 11.3. The molecule has 1 unspecified atom stereocenters. The molecular formula is C14H16N2OS. The largest absolute Gasteiger partial charge is 0.370 e. The van der Waals surface area contributed by atoms with Crippen LogP contribution in [0.15, 0.2) is 48.9 Å². The van der Waals surface area contributed by atoms with Gasteiger partial charge in [-0.05, 0) is 6.07 Å². The Kier molecular flexibility index (Phi) is 3.99. The van der Waals surface area contributed by atoms with E-state index >= 15 is 0 Å². The fourth-order valence-corrected chi connectivity index (χ4v) is 2.97. The van der Waals surface area contributed by atoms with E-state index in [2.05, 4.69) is 23.8 Å². The van der Waals surface area contributed by atoms with E-state index in [0.29, 0.717) is 5.69 Å². The lowest BCUT2D eigenvalue weighted by molar-refractivity contribution is 0.175. The predicted octanol–water partition coefficient (Wildman–Crippen LogP) is 2.81. The second kappa shape index (κ2) is 5.50. The Labute approximate surface area is 111 Å². The van der Waals surface area contributed by atoms with Gasteiger partial charge in [0.2, 0.25) is 0 Å². The van der Waals surface area contributed by atoms with Crippen LogP contribution in [0.2, 0.25) is 0 Å². The molecule has 0 fully saturated rings. The molecule has 18 heavy (non-hydrogen) atoms. The number of aliphatic hydroxyl groups is 1. The highest BCUT2D eigenvalue weighted by atomic mass is 32.2. The number of hydrogen-bond acceptors (Lipinski definition) is 4. The summed E-state index contributed by atoms with van der Waals surface area (Å²) in [4.78, 5) is 6.97. The second-order valence-corrected chi connectivity index (χ2v) is 6.04. The molecule has 1 aromatic carbocycles. The monoisotopic (exact) mass is 260 g/mol. The molecule has 0 saturated heterocycles. The molecule has 94 valence electrons.